The number of fused-ring (bicyclic) bond motifs is 1. The van der Waals surface area contributed by atoms with Crippen LogP contribution in [0.25, 0.3) is 11.0 Å². The molecule has 2 N–H and O–H groups in total. The number of nitrogens with two attached hydrogens (primary N) is 1. The van der Waals surface area contributed by atoms with E-state index in [2.05, 4.69) is 0 Å². The van der Waals surface area contributed by atoms with Crippen LogP contribution >= 0.6 is 0 Å². The van der Waals surface area contributed by atoms with Gasteiger partial charge in [-0.3, -0.25) is 0 Å². The molecule has 0 saturated heterocycles. The first-order chi connectivity index (χ1) is 9.38. The standard InChI is InChI=1S/C15H17NO4/c1-8(2)14(16)15(18)19-10-4-5-11-9(3)6-13(17)20-12(11)7-10/h4-8,14H,16H2,1-3H3. The number of rotatable bonds is 3. The van der Waals surface area contributed by atoms with Gasteiger partial charge in [0.2, 0.25) is 0 Å². The predicted octanol–water partition coefficient (Wildman–Crippen LogP) is 1.99. The Morgan fingerprint density at radius 3 is 2.65 bits per heavy atom. The summed E-state index contributed by atoms with van der Waals surface area (Å²) in [5.74, 6) is -0.204. The van der Waals surface area contributed by atoms with Crippen LogP contribution in [-0.2, 0) is 4.79 Å². The molecule has 1 aromatic heterocycles. The Morgan fingerprint density at radius 1 is 1.30 bits per heavy atom. The minimum atomic E-state index is -0.685. The zero-order chi connectivity index (χ0) is 14.9. The number of esters is 1. The van der Waals surface area contributed by atoms with E-state index in [1.807, 2.05) is 20.8 Å². The molecule has 1 aromatic carbocycles. The molecule has 0 spiro atoms. The van der Waals surface area contributed by atoms with Crippen molar-refractivity contribution in [2.24, 2.45) is 11.7 Å². The highest BCUT2D eigenvalue weighted by atomic mass is 16.5. The van der Waals surface area contributed by atoms with E-state index in [1.165, 1.54) is 12.1 Å². The largest absolute Gasteiger partial charge is 0.425 e. The molecule has 2 aromatic rings. The first-order valence-corrected chi connectivity index (χ1v) is 6.40. The Kier molecular flexibility index (Phi) is 3.90. The van der Waals surface area contributed by atoms with Gasteiger partial charge in [-0.15, -0.1) is 0 Å². The summed E-state index contributed by atoms with van der Waals surface area (Å²) < 4.78 is 10.3. The molecule has 2 rings (SSSR count). The second-order valence-corrected chi connectivity index (χ2v) is 5.10. The molecule has 0 aliphatic heterocycles. The summed E-state index contributed by atoms with van der Waals surface area (Å²) in [5, 5.41) is 0.803. The summed E-state index contributed by atoms with van der Waals surface area (Å²) in [5.41, 5.74) is 6.49. The molecule has 1 atom stereocenters. The molecule has 1 unspecified atom stereocenters. The van der Waals surface area contributed by atoms with E-state index in [0.29, 0.717) is 11.3 Å². The summed E-state index contributed by atoms with van der Waals surface area (Å²) in [6.45, 7) is 5.50. The van der Waals surface area contributed by atoms with E-state index in [0.717, 1.165) is 10.9 Å². The lowest BCUT2D eigenvalue weighted by Crippen LogP contribution is -2.38. The average molecular weight is 275 g/mol. The van der Waals surface area contributed by atoms with Gasteiger partial charge in [0.15, 0.2) is 0 Å². The quantitative estimate of drug-likeness (QED) is 0.526. The molecule has 0 fully saturated rings. The smallest absolute Gasteiger partial charge is 0.336 e. The molecule has 106 valence electrons. The molecule has 5 nitrogen and oxygen atoms in total. The monoisotopic (exact) mass is 275 g/mol. The zero-order valence-electron chi connectivity index (χ0n) is 11.7. The van der Waals surface area contributed by atoms with Crippen LogP contribution in [0.15, 0.2) is 33.5 Å². The number of ether oxygens (including phenoxy) is 1. The molecule has 0 radical (unpaired) electrons. The number of aryl methyl sites for hydroxylation is 1. The highest BCUT2D eigenvalue weighted by Gasteiger charge is 2.19. The molecule has 0 aliphatic carbocycles. The van der Waals surface area contributed by atoms with Crippen molar-refractivity contribution in [2.45, 2.75) is 26.8 Å². The SMILES string of the molecule is Cc1cc(=O)oc2cc(OC(=O)C(N)C(C)C)ccc12. The van der Waals surface area contributed by atoms with Gasteiger partial charge in [-0.1, -0.05) is 13.8 Å². The van der Waals surface area contributed by atoms with Gasteiger partial charge in [0.1, 0.15) is 17.4 Å². The van der Waals surface area contributed by atoms with Crippen LogP contribution < -0.4 is 16.1 Å². The fourth-order valence-corrected chi connectivity index (χ4v) is 1.83. The van der Waals surface area contributed by atoms with E-state index in [9.17, 15) is 9.59 Å². The van der Waals surface area contributed by atoms with E-state index in [4.69, 9.17) is 14.9 Å². The molecule has 0 bridgehead atoms. The van der Waals surface area contributed by atoms with Gasteiger partial charge in [0.25, 0.3) is 0 Å². The van der Waals surface area contributed by atoms with Crippen molar-refractivity contribution in [3.63, 3.8) is 0 Å². The highest BCUT2D eigenvalue weighted by molar-refractivity contribution is 5.83. The number of benzene rings is 1. The van der Waals surface area contributed by atoms with Crippen molar-refractivity contribution in [3.05, 3.63) is 40.2 Å². The second-order valence-electron chi connectivity index (χ2n) is 5.10. The molecule has 0 aliphatic rings. The van der Waals surface area contributed by atoms with E-state index >= 15 is 0 Å². The number of carbonyl (C=O) groups excluding carboxylic acids is 1. The number of hydrogen-bond donors (Lipinski definition) is 1. The van der Waals surface area contributed by atoms with E-state index < -0.39 is 17.6 Å². The van der Waals surface area contributed by atoms with Gasteiger partial charge >= 0.3 is 11.6 Å². The first kappa shape index (κ1) is 14.3. The second kappa shape index (κ2) is 5.46. The van der Waals surface area contributed by atoms with Gasteiger partial charge in [0, 0.05) is 17.5 Å². The Morgan fingerprint density at radius 2 is 2.00 bits per heavy atom. The summed E-state index contributed by atoms with van der Waals surface area (Å²) in [7, 11) is 0. The third-order valence-electron chi connectivity index (χ3n) is 3.13. The molecule has 20 heavy (non-hydrogen) atoms. The zero-order valence-corrected chi connectivity index (χ0v) is 11.7. The number of hydrogen-bond acceptors (Lipinski definition) is 5. The molecule has 0 amide bonds. The first-order valence-electron chi connectivity index (χ1n) is 6.40. The Hall–Kier alpha value is -2.14. The normalized spacial score (nSPS) is 12.7. The molecule has 1 heterocycles. The fraction of sp³-hybridized carbons (Fsp3) is 0.333. The van der Waals surface area contributed by atoms with Crippen LogP contribution in [0.4, 0.5) is 0 Å². The van der Waals surface area contributed by atoms with Crippen molar-refractivity contribution in [1.29, 1.82) is 0 Å². The molecular weight excluding hydrogens is 258 g/mol. The maximum absolute atomic E-state index is 11.8. The average Bonchev–Trinajstić information content (AvgIpc) is 2.36. The number of carbonyl (C=O) groups is 1. The van der Waals surface area contributed by atoms with Crippen LogP contribution in [0.1, 0.15) is 19.4 Å². The molecular formula is C15H17NO4. The van der Waals surface area contributed by atoms with Crippen LogP contribution in [-0.4, -0.2) is 12.0 Å². The topological polar surface area (TPSA) is 82.5 Å². The third kappa shape index (κ3) is 2.88. The maximum Gasteiger partial charge on any atom is 0.336 e. The van der Waals surface area contributed by atoms with E-state index in [1.54, 1.807) is 12.1 Å². The van der Waals surface area contributed by atoms with Gasteiger partial charge in [0.05, 0.1) is 0 Å². The summed E-state index contributed by atoms with van der Waals surface area (Å²) in [4.78, 5) is 23.1. The van der Waals surface area contributed by atoms with Crippen LogP contribution in [0.2, 0.25) is 0 Å². The Balaban J connectivity index is 2.33. The lowest BCUT2D eigenvalue weighted by atomic mass is 10.1. The Labute approximate surface area is 116 Å². The minimum Gasteiger partial charge on any atom is -0.425 e. The summed E-state index contributed by atoms with van der Waals surface area (Å²) in [6.07, 6.45) is 0. The van der Waals surface area contributed by atoms with Crippen molar-refractivity contribution >= 4 is 16.9 Å². The lowest BCUT2D eigenvalue weighted by molar-refractivity contribution is -0.136. The van der Waals surface area contributed by atoms with Crippen molar-refractivity contribution in [1.82, 2.24) is 0 Å². The predicted molar refractivity (Wildman–Crippen MR) is 75.7 cm³/mol. The minimum absolute atomic E-state index is 0.0110. The Bertz CT molecular complexity index is 703. The summed E-state index contributed by atoms with van der Waals surface area (Å²) >= 11 is 0. The fourth-order valence-electron chi connectivity index (χ4n) is 1.83. The van der Waals surface area contributed by atoms with Gasteiger partial charge in [-0.25, -0.2) is 9.59 Å². The van der Waals surface area contributed by atoms with E-state index in [-0.39, 0.29) is 5.92 Å². The van der Waals surface area contributed by atoms with Crippen LogP contribution in [0, 0.1) is 12.8 Å². The maximum atomic E-state index is 11.8. The van der Waals surface area contributed by atoms with Gasteiger partial charge in [-0.2, -0.15) is 0 Å². The van der Waals surface area contributed by atoms with Crippen molar-refractivity contribution < 1.29 is 13.9 Å². The van der Waals surface area contributed by atoms with Gasteiger partial charge < -0.3 is 14.9 Å². The van der Waals surface area contributed by atoms with Crippen molar-refractivity contribution in [2.75, 3.05) is 0 Å². The van der Waals surface area contributed by atoms with Crippen LogP contribution in [0.3, 0.4) is 0 Å². The highest BCUT2D eigenvalue weighted by Crippen LogP contribution is 2.22. The van der Waals surface area contributed by atoms with Gasteiger partial charge in [-0.05, 0) is 30.5 Å². The third-order valence-corrected chi connectivity index (χ3v) is 3.13. The summed E-state index contributed by atoms with van der Waals surface area (Å²) in [6, 6.07) is 5.66. The molecule has 5 heteroatoms. The van der Waals surface area contributed by atoms with Crippen LogP contribution in [0.5, 0.6) is 5.75 Å². The molecule has 0 saturated carbocycles. The van der Waals surface area contributed by atoms with Crippen molar-refractivity contribution in [3.8, 4) is 5.75 Å². The lowest BCUT2D eigenvalue weighted by Gasteiger charge is -2.14.